The Morgan fingerprint density at radius 1 is 1.39 bits per heavy atom. The molecule has 1 aromatic carbocycles. The van der Waals surface area contributed by atoms with Crippen LogP contribution in [0.3, 0.4) is 0 Å². The van der Waals surface area contributed by atoms with Gasteiger partial charge in [0.15, 0.2) is 0 Å². The predicted molar refractivity (Wildman–Crippen MR) is 111 cm³/mol. The van der Waals surface area contributed by atoms with Gasteiger partial charge in [-0.2, -0.15) is 10.2 Å². The Labute approximate surface area is 173 Å². The smallest absolute Gasteiger partial charge is 0.229 e. The van der Waals surface area contributed by atoms with Gasteiger partial charge in [-0.05, 0) is 51.0 Å². The van der Waals surface area contributed by atoms with Crippen LogP contribution in [-0.4, -0.2) is 34.3 Å². The number of hydrogen-bond acceptors (Lipinski definition) is 7. The van der Waals surface area contributed by atoms with Gasteiger partial charge in [-0.3, -0.25) is 0 Å². The Balaban J connectivity index is 1.81. The molecule has 1 saturated heterocycles. The number of nitrogens with one attached hydrogen (secondary N) is 2. The second-order valence-corrected chi connectivity index (χ2v) is 8.31. The fraction of sp³-hybridized carbons (Fsp3) is 0.450. The van der Waals surface area contributed by atoms with Crippen LogP contribution in [0.4, 0.5) is 17.5 Å². The summed E-state index contributed by atoms with van der Waals surface area (Å²) in [6.07, 6.45) is 2.44. The van der Waals surface area contributed by atoms with Crippen molar-refractivity contribution >= 4 is 33.4 Å². The van der Waals surface area contributed by atoms with Gasteiger partial charge >= 0.3 is 0 Å². The number of anilines is 3. The molecule has 0 radical (unpaired) electrons. The van der Waals surface area contributed by atoms with Crippen LogP contribution >= 0.6 is 15.9 Å². The van der Waals surface area contributed by atoms with Gasteiger partial charge in [0.1, 0.15) is 5.82 Å². The minimum absolute atomic E-state index is 0.102. The summed E-state index contributed by atoms with van der Waals surface area (Å²) >= 11 is 3.47. The van der Waals surface area contributed by atoms with Crippen molar-refractivity contribution in [3.8, 4) is 6.07 Å². The van der Waals surface area contributed by atoms with Gasteiger partial charge in [0, 0.05) is 28.5 Å². The Kier molecular flexibility index (Phi) is 6.18. The van der Waals surface area contributed by atoms with E-state index in [1.54, 1.807) is 20.0 Å². The lowest BCUT2D eigenvalue weighted by atomic mass is 9.96. The molecule has 0 amide bonds. The van der Waals surface area contributed by atoms with E-state index < -0.39 is 5.60 Å². The molecule has 0 saturated carbocycles. The zero-order valence-corrected chi connectivity index (χ0v) is 17.7. The van der Waals surface area contributed by atoms with Crippen molar-refractivity contribution in [2.45, 2.75) is 38.8 Å². The van der Waals surface area contributed by atoms with Crippen LogP contribution in [0.25, 0.3) is 0 Å². The van der Waals surface area contributed by atoms with E-state index in [4.69, 9.17) is 4.74 Å². The number of rotatable bonds is 5. The van der Waals surface area contributed by atoms with Gasteiger partial charge in [0.2, 0.25) is 5.95 Å². The molecule has 0 aliphatic carbocycles. The number of hydrogen-bond donors (Lipinski definition) is 3. The fourth-order valence-corrected chi connectivity index (χ4v) is 3.79. The SMILES string of the molecule is Cc1cnc(Nc2ccc(Br)c(C(C)(C)O)c2)nc1N[C@H]1COCC[C@@H]1C#N. The summed E-state index contributed by atoms with van der Waals surface area (Å²) in [6.45, 7) is 6.48. The third kappa shape index (κ3) is 4.79. The summed E-state index contributed by atoms with van der Waals surface area (Å²) in [5, 5.41) is 26.2. The topological polar surface area (TPSA) is 103 Å². The number of benzene rings is 1. The lowest BCUT2D eigenvalue weighted by Gasteiger charge is -2.28. The highest BCUT2D eigenvalue weighted by atomic mass is 79.9. The number of ether oxygens (including phenoxy) is 1. The van der Waals surface area contributed by atoms with Crippen molar-refractivity contribution in [2.24, 2.45) is 5.92 Å². The van der Waals surface area contributed by atoms with Crippen LogP contribution in [0.2, 0.25) is 0 Å². The van der Waals surface area contributed by atoms with Crippen molar-refractivity contribution in [2.75, 3.05) is 23.8 Å². The van der Waals surface area contributed by atoms with Crippen molar-refractivity contribution in [1.29, 1.82) is 5.26 Å². The molecule has 3 N–H and O–H groups in total. The lowest BCUT2D eigenvalue weighted by Crippen LogP contribution is -2.38. The van der Waals surface area contributed by atoms with E-state index in [1.165, 1.54) is 0 Å². The van der Waals surface area contributed by atoms with E-state index in [-0.39, 0.29) is 12.0 Å². The number of halogens is 1. The molecule has 2 aromatic rings. The van der Waals surface area contributed by atoms with Gasteiger partial charge in [0.05, 0.1) is 30.2 Å². The molecule has 2 atom stereocenters. The molecule has 0 unspecified atom stereocenters. The average Bonchev–Trinajstić information content (AvgIpc) is 2.65. The molecule has 0 spiro atoms. The highest BCUT2D eigenvalue weighted by molar-refractivity contribution is 9.10. The number of nitriles is 1. The zero-order chi connectivity index (χ0) is 20.3. The molecule has 0 bridgehead atoms. The molecule has 1 aromatic heterocycles. The van der Waals surface area contributed by atoms with Crippen molar-refractivity contribution < 1.29 is 9.84 Å². The molecule has 2 heterocycles. The maximum Gasteiger partial charge on any atom is 0.229 e. The molecular formula is C20H24BrN5O2. The molecule has 1 fully saturated rings. The van der Waals surface area contributed by atoms with Gasteiger partial charge < -0.3 is 20.5 Å². The third-order valence-electron chi connectivity index (χ3n) is 4.70. The average molecular weight is 446 g/mol. The molecule has 3 rings (SSSR count). The van der Waals surface area contributed by atoms with E-state index in [2.05, 4.69) is 42.6 Å². The van der Waals surface area contributed by atoms with E-state index in [9.17, 15) is 10.4 Å². The summed E-state index contributed by atoms with van der Waals surface area (Å²) in [4.78, 5) is 8.92. The quantitative estimate of drug-likeness (QED) is 0.641. The second kappa shape index (κ2) is 8.43. The summed E-state index contributed by atoms with van der Waals surface area (Å²) < 4.78 is 6.34. The molecule has 1 aliphatic rings. The predicted octanol–water partition coefficient (Wildman–Crippen LogP) is 3.86. The molecule has 8 heteroatoms. The number of nitrogens with zero attached hydrogens (tertiary/aromatic N) is 3. The maximum atomic E-state index is 10.3. The second-order valence-electron chi connectivity index (χ2n) is 7.45. The van der Waals surface area contributed by atoms with Crippen molar-refractivity contribution in [3.63, 3.8) is 0 Å². The highest BCUT2D eigenvalue weighted by Gasteiger charge is 2.26. The first-order valence-corrected chi connectivity index (χ1v) is 9.94. The van der Waals surface area contributed by atoms with E-state index in [0.717, 1.165) is 21.3 Å². The largest absolute Gasteiger partial charge is 0.386 e. The first-order valence-electron chi connectivity index (χ1n) is 9.15. The van der Waals surface area contributed by atoms with Crippen molar-refractivity contribution in [3.05, 3.63) is 40.0 Å². The molecule has 7 nitrogen and oxygen atoms in total. The standard InChI is InChI=1S/C20H24BrN5O2/c1-12-10-23-19(24-14-4-5-16(21)15(8-14)20(2,3)27)26-18(12)25-17-11-28-7-6-13(17)9-22/h4-5,8,10,13,17,27H,6-7,11H2,1-3H3,(H2,23,24,25,26)/t13-,17+/m1/s1. The fourth-order valence-electron chi connectivity index (χ4n) is 3.06. The van der Waals surface area contributed by atoms with Crippen molar-refractivity contribution in [1.82, 2.24) is 9.97 Å². The van der Waals surface area contributed by atoms with Crippen LogP contribution in [-0.2, 0) is 10.3 Å². The third-order valence-corrected chi connectivity index (χ3v) is 5.39. The minimum atomic E-state index is -0.981. The maximum absolute atomic E-state index is 10.3. The number of aliphatic hydroxyl groups is 1. The van der Waals surface area contributed by atoms with Gasteiger partial charge in [-0.1, -0.05) is 15.9 Å². The Morgan fingerprint density at radius 3 is 2.89 bits per heavy atom. The first kappa shape index (κ1) is 20.5. The zero-order valence-electron chi connectivity index (χ0n) is 16.2. The Hall–Kier alpha value is -2.21. The number of aromatic nitrogens is 2. The normalized spacial score (nSPS) is 19.7. The van der Waals surface area contributed by atoms with Crippen LogP contribution in [0, 0.1) is 24.2 Å². The number of aryl methyl sites for hydroxylation is 1. The van der Waals surface area contributed by atoms with Crippen LogP contribution < -0.4 is 10.6 Å². The van der Waals surface area contributed by atoms with E-state index in [1.807, 2.05) is 25.1 Å². The monoisotopic (exact) mass is 445 g/mol. The van der Waals surface area contributed by atoms with E-state index in [0.29, 0.717) is 31.4 Å². The van der Waals surface area contributed by atoms with Crippen LogP contribution in [0.1, 0.15) is 31.4 Å². The lowest BCUT2D eigenvalue weighted by molar-refractivity contribution is 0.0698. The molecule has 28 heavy (non-hydrogen) atoms. The summed E-state index contributed by atoms with van der Waals surface area (Å²) in [5.74, 6) is 0.996. The Morgan fingerprint density at radius 2 is 2.18 bits per heavy atom. The highest BCUT2D eigenvalue weighted by Crippen LogP contribution is 2.31. The molecular weight excluding hydrogens is 422 g/mol. The first-order chi connectivity index (χ1) is 13.3. The minimum Gasteiger partial charge on any atom is -0.386 e. The van der Waals surface area contributed by atoms with Gasteiger partial charge in [-0.15, -0.1) is 0 Å². The molecule has 1 aliphatic heterocycles. The van der Waals surface area contributed by atoms with Crippen LogP contribution in [0.5, 0.6) is 0 Å². The van der Waals surface area contributed by atoms with Gasteiger partial charge in [0.25, 0.3) is 0 Å². The summed E-state index contributed by atoms with van der Waals surface area (Å²) in [6, 6.07) is 7.86. The summed E-state index contributed by atoms with van der Waals surface area (Å²) in [5.41, 5.74) is 1.44. The van der Waals surface area contributed by atoms with Crippen LogP contribution in [0.15, 0.2) is 28.9 Å². The summed E-state index contributed by atoms with van der Waals surface area (Å²) in [7, 11) is 0. The Bertz CT molecular complexity index is 891. The van der Waals surface area contributed by atoms with Gasteiger partial charge in [-0.25, -0.2) is 4.98 Å². The molecule has 148 valence electrons. The van der Waals surface area contributed by atoms with E-state index >= 15 is 0 Å².